The molecule has 0 saturated heterocycles. The number of rotatable bonds is 7. The van der Waals surface area contributed by atoms with Gasteiger partial charge in [0.2, 0.25) is 10.0 Å². The molecule has 4 nitrogen and oxygen atoms in total. The predicted octanol–water partition coefficient (Wildman–Crippen LogP) is 2.67. The fourth-order valence-electron chi connectivity index (χ4n) is 1.65. The molecular formula is C14H17NO3S2. The van der Waals surface area contributed by atoms with Gasteiger partial charge < -0.3 is 4.74 Å². The number of thiophene rings is 1. The van der Waals surface area contributed by atoms with Gasteiger partial charge in [0.05, 0.1) is 0 Å². The highest BCUT2D eigenvalue weighted by atomic mass is 32.2. The van der Waals surface area contributed by atoms with Crippen molar-refractivity contribution in [2.75, 3.05) is 13.2 Å². The molecule has 108 valence electrons. The van der Waals surface area contributed by atoms with E-state index in [1.54, 1.807) is 17.5 Å². The van der Waals surface area contributed by atoms with Gasteiger partial charge in [-0.1, -0.05) is 25.1 Å². The van der Waals surface area contributed by atoms with Crippen molar-refractivity contribution in [2.45, 2.75) is 17.6 Å². The predicted molar refractivity (Wildman–Crippen MR) is 80.8 cm³/mol. The lowest BCUT2D eigenvalue weighted by atomic mass is 10.2. The lowest BCUT2D eigenvalue weighted by Crippen LogP contribution is -2.27. The van der Waals surface area contributed by atoms with Gasteiger partial charge in [0.15, 0.2) is 0 Å². The highest BCUT2D eigenvalue weighted by molar-refractivity contribution is 7.91. The van der Waals surface area contributed by atoms with Gasteiger partial charge in [-0.15, -0.1) is 11.3 Å². The summed E-state index contributed by atoms with van der Waals surface area (Å²) in [6, 6.07) is 11.1. The minimum absolute atomic E-state index is 0.246. The second kappa shape index (κ2) is 6.88. The minimum Gasteiger partial charge on any atom is -0.492 e. The van der Waals surface area contributed by atoms with Gasteiger partial charge in [0.1, 0.15) is 16.6 Å². The van der Waals surface area contributed by atoms with Gasteiger partial charge in [0, 0.05) is 6.54 Å². The quantitative estimate of drug-likeness (QED) is 0.800. The summed E-state index contributed by atoms with van der Waals surface area (Å²) in [4.78, 5) is 0. The average Bonchev–Trinajstić information content (AvgIpc) is 2.99. The zero-order chi connectivity index (χ0) is 14.4. The highest BCUT2D eigenvalue weighted by Crippen LogP contribution is 2.15. The van der Waals surface area contributed by atoms with E-state index in [1.165, 1.54) is 16.9 Å². The molecule has 1 aromatic heterocycles. The highest BCUT2D eigenvalue weighted by Gasteiger charge is 2.13. The van der Waals surface area contributed by atoms with E-state index in [4.69, 9.17) is 4.74 Å². The van der Waals surface area contributed by atoms with Crippen LogP contribution in [0, 0.1) is 0 Å². The van der Waals surface area contributed by atoms with Crippen LogP contribution in [0.5, 0.6) is 5.75 Å². The van der Waals surface area contributed by atoms with E-state index < -0.39 is 10.0 Å². The maximum atomic E-state index is 11.8. The van der Waals surface area contributed by atoms with E-state index in [9.17, 15) is 8.42 Å². The molecule has 0 aliphatic rings. The zero-order valence-corrected chi connectivity index (χ0v) is 12.8. The molecule has 0 unspecified atom stereocenters. The van der Waals surface area contributed by atoms with Crippen molar-refractivity contribution >= 4 is 21.4 Å². The molecule has 0 amide bonds. The molecule has 0 atom stereocenters. The number of hydrogen-bond donors (Lipinski definition) is 1. The van der Waals surface area contributed by atoms with Gasteiger partial charge in [0.25, 0.3) is 0 Å². The summed E-state index contributed by atoms with van der Waals surface area (Å²) in [6.45, 7) is 2.64. The Morgan fingerprint density at radius 2 is 1.95 bits per heavy atom. The average molecular weight is 311 g/mol. The van der Waals surface area contributed by atoms with Crippen molar-refractivity contribution in [1.82, 2.24) is 4.72 Å². The number of nitrogens with one attached hydrogen (secondary N) is 1. The first-order valence-corrected chi connectivity index (χ1v) is 8.73. The van der Waals surface area contributed by atoms with E-state index in [0.717, 1.165) is 12.2 Å². The Hall–Kier alpha value is -1.37. The van der Waals surface area contributed by atoms with Gasteiger partial charge in [-0.05, 0) is 35.6 Å². The third kappa shape index (κ3) is 4.06. The molecule has 20 heavy (non-hydrogen) atoms. The normalized spacial score (nSPS) is 11.4. The molecule has 6 heteroatoms. The van der Waals surface area contributed by atoms with Crippen LogP contribution in [-0.2, 0) is 16.4 Å². The summed E-state index contributed by atoms with van der Waals surface area (Å²) in [5.74, 6) is 0.748. The Kier molecular flexibility index (Phi) is 5.17. The molecule has 0 bridgehead atoms. The second-order valence-electron chi connectivity index (χ2n) is 4.18. The van der Waals surface area contributed by atoms with E-state index in [2.05, 4.69) is 11.6 Å². The van der Waals surface area contributed by atoms with E-state index >= 15 is 0 Å². The summed E-state index contributed by atoms with van der Waals surface area (Å²) in [5, 5.41) is 1.74. The van der Waals surface area contributed by atoms with E-state index in [1.807, 2.05) is 24.3 Å². The minimum atomic E-state index is -3.39. The maximum Gasteiger partial charge on any atom is 0.250 e. The molecule has 0 fully saturated rings. The van der Waals surface area contributed by atoms with Gasteiger partial charge >= 0.3 is 0 Å². The number of sulfonamides is 1. The Balaban J connectivity index is 1.79. The molecule has 0 spiro atoms. The van der Waals surface area contributed by atoms with Crippen LogP contribution in [0.4, 0.5) is 0 Å². The first-order chi connectivity index (χ1) is 9.62. The zero-order valence-electron chi connectivity index (χ0n) is 11.2. The summed E-state index contributed by atoms with van der Waals surface area (Å²) >= 11 is 1.20. The van der Waals surface area contributed by atoms with Crippen LogP contribution in [0.25, 0.3) is 0 Å². The number of aryl methyl sites for hydroxylation is 1. The molecule has 2 aromatic rings. The van der Waals surface area contributed by atoms with Gasteiger partial charge in [-0.25, -0.2) is 13.1 Å². The summed E-state index contributed by atoms with van der Waals surface area (Å²) in [5.41, 5.74) is 1.25. The number of benzene rings is 1. The Morgan fingerprint density at radius 3 is 2.55 bits per heavy atom. The van der Waals surface area contributed by atoms with E-state index in [-0.39, 0.29) is 6.54 Å². The van der Waals surface area contributed by atoms with Crippen molar-refractivity contribution in [3.05, 3.63) is 47.3 Å². The summed E-state index contributed by atoms with van der Waals surface area (Å²) in [7, 11) is -3.39. The van der Waals surface area contributed by atoms with Crippen LogP contribution in [0.3, 0.4) is 0 Å². The van der Waals surface area contributed by atoms with Crippen molar-refractivity contribution < 1.29 is 13.2 Å². The molecule has 0 aliphatic carbocycles. The summed E-state index contributed by atoms with van der Waals surface area (Å²) in [6.07, 6.45) is 0.987. The molecule has 1 aromatic carbocycles. The number of ether oxygens (including phenoxy) is 1. The van der Waals surface area contributed by atoms with Crippen molar-refractivity contribution in [2.24, 2.45) is 0 Å². The first-order valence-electron chi connectivity index (χ1n) is 6.37. The summed E-state index contributed by atoms with van der Waals surface area (Å²) < 4.78 is 32.0. The second-order valence-corrected chi connectivity index (χ2v) is 7.12. The maximum absolute atomic E-state index is 11.8. The fraction of sp³-hybridized carbons (Fsp3) is 0.286. The standard InChI is InChI=1S/C14H17NO3S2/c1-2-12-5-7-13(8-6-12)18-10-9-15-20(16,17)14-4-3-11-19-14/h3-8,11,15H,2,9-10H2,1H3. The van der Waals surface area contributed by atoms with Crippen LogP contribution in [0.15, 0.2) is 46.0 Å². The molecule has 2 rings (SSSR count). The van der Waals surface area contributed by atoms with Crippen LogP contribution in [0.1, 0.15) is 12.5 Å². The van der Waals surface area contributed by atoms with Crippen molar-refractivity contribution in [3.63, 3.8) is 0 Å². The number of hydrogen-bond acceptors (Lipinski definition) is 4. The van der Waals surface area contributed by atoms with Gasteiger partial charge in [-0.2, -0.15) is 0 Å². The lowest BCUT2D eigenvalue weighted by molar-refractivity contribution is 0.323. The molecule has 0 radical (unpaired) electrons. The largest absolute Gasteiger partial charge is 0.492 e. The third-order valence-corrected chi connectivity index (χ3v) is 5.61. The monoisotopic (exact) mass is 311 g/mol. The van der Waals surface area contributed by atoms with Crippen molar-refractivity contribution in [1.29, 1.82) is 0 Å². The fourth-order valence-corrected chi connectivity index (χ4v) is 3.70. The first kappa shape index (κ1) is 15.0. The Labute approximate surface area is 123 Å². The SMILES string of the molecule is CCc1ccc(OCCNS(=O)(=O)c2cccs2)cc1. The molecule has 1 heterocycles. The Bertz CT molecular complexity index is 619. The molecule has 0 saturated carbocycles. The van der Waals surface area contributed by atoms with Crippen LogP contribution >= 0.6 is 11.3 Å². The molecule has 1 N–H and O–H groups in total. The lowest BCUT2D eigenvalue weighted by Gasteiger charge is -2.08. The smallest absolute Gasteiger partial charge is 0.250 e. The third-order valence-electron chi connectivity index (χ3n) is 2.75. The Morgan fingerprint density at radius 1 is 1.20 bits per heavy atom. The van der Waals surface area contributed by atoms with E-state index in [0.29, 0.717) is 10.8 Å². The van der Waals surface area contributed by atoms with Crippen LogP contribution in [-0.4, -0.2) is 21.6 Å². The topological polar surface area (TPSA) is 55.4 Å². The van der Waals surface area contributed by atoms with Crippen molar-refractivity contribution in [3.8, 4) is 5.75 Å². The van der Waals surface area contributed by atoms with Crippen LogP contribution < -0.4 is 9.46 Å². The van der Waals surface area contributed by atoms with Gasteiger partial charge in [-0.3, -0.25) is 0 Å². The molecule has 0 aliphatic heterocycles. The molecular weight excluding hydrogens is 294 g/mol. The van der Waals surface area contributed by atoms with Crippen LogP contribution in [0.2, 0.25) is 0 Å².